The smallest absolute Gasteiger partial charge is 0.408 e. The molecule has 1 N–H and O–H groups in total. The van der Waals surface area contributed by atoms with Gasteiger partial charge in [-0.05, 0) is 42.5 Å². The van der Waals surface area contributed by atoms with Crippen molar-refractivity contribution in [3.63, 3.8) is 0 Å². The normalized spacial score (nSPS) is 18.0. The number of hydrogen-bond acceptors (Lipinski definition) is 7. The zero-order valence-corrected chi connectivity index (χ0v) is 19.4. The van der Waals surface area contributed by atoms with Gasteiger partial charge in [0.1, 0.15) is 18.1 Å². The van der Waals surface area contributed by atoms with E-state index >= 15 is 0 Å². The third-order valence-corrected chi connectivity index (χ3v) is 5.83. The molecule has 1 amide bonds. The minimum atomic E-state index is -1.20. The van der Waals surface area contributed by atoms with Crippen LogP contribution < -0.4 is 24.3 Å². The van der Waals surface area contributed by atoms with E-state index in [4.69, 9.17) is 23.7 Å². The first-order chi connectivity index (χ1) is 16.6. The number of rotatable bonds is 6. The number of halogens is 1. The van der Waals surface area contributed by atoms with Crippen LogP contribution in [0.4, 0.5) is 4.79 Å². The predicted molar refractivity (Wildman–Crippen MR) is 125 cm³/mol. The lowest BCUT2D eigenvalue weighted by atomic mass is 9.93. The zero-order valence-electron chi connectivity index (χ0n) is 17.9. The molecule has 3 aromatic carbocycles. The lowest BCUT2D eigenvalue weighted by Gasteiger charge is -2.32. The van der Waals surface area contributed by atoms with Crippen molar-refractivity contribution in [3.8, 4) is 23.0 Å². The van der Waals surface area contributed by atoms with Gasteiger partial charge in [0, 0.05) is 10.0 Å². The standard InChI is InChI=1S/C25H20BrNO7/c26-16-7-9-19-18(13-16)22(28)24(23(33-19)15-6-8-20-21(12-15)32-14-31-20)34-25(29)27-10-11-30-17-4-2-1-3-5-17/h1-9,12-13,23-24H,10-11,14H2,(H,27,29)/t23-,24+/m0/s1. The maximum atomic E-state index is 13.4. The molecule has 2 aliphatic rings. The van der Waals surface area contributed by atoms with E-state index in [0.29, 0.717) is 38.6 Å². The number of para-hydroxylation sites is 1. The third kappa shape index (κ3) is 4.65. The minimum absolute atomic E-state index is 0.119. The summed E-state index contributed by atoms with van der Waals surface area (Å²) in [5.41, 5.74) is 0.952. The molecule has 3 aromatic rings. The van der Waals surface area contributed by atoms with Crippen LogP contribution in [-0.2, 0) is 4.74 Å². The van der Waals surface area contributed by atoms with Gasteiger partial charge in [-0.2, -0.15) is 0 Å². The number of carbonyl (C=O) groups excluding carboxylic acids is 2. The highest BCUT2D eigenvalue weighted by Gasteiger charge is 2.41. The van der Waals surface area contributed by atoms with Gasteiger partial charge in [0.25, 0.3) is 0 Å². The summed E-state index contributed by atoms with van der Waals surface area (Å²) in [6, 6.07) is 19.6. The van der Waals surface area contributed by atoms with Gasteiger partial charge in [-0.15, -0.1) is 0 Å². The van der Waals surface area contributed by atoms with E-state index in [1.165, 1.54) is 0 Å². The molecule has 5 rings (SSSR count). The second kappa shape index (κ2) is 9.64. The SMILES string of the molecule is O=C(NCCOc1ccccc1)O[C@@H]1C(=O)c2cc(Br)ccc2O[C@H]1c1ccc2c(c1)OCO2. The van der Waals surface area contributed by atoms with Crippen LogP contribution in [0, 0.1) is 0 Å². The molecule has 2 heterocycles. The molecule has 0 saturated heterocycles. The van der Waals surface area contributed by atoms with Gasteiger partial charge < -0.3 is 29.0 Å². The second-order valence-electron chi connectivity index (χ2n) is 7.57. The molecule has 2 aliphatic heterocycles. The zero-order chi connectivity index (χ0) is 23.5. The molecule has 0 spiro atoms. The molecule has 0 unspecified atom stereocenters. The lowest BCUT2D eigenvalue weighted by Crippen LogP contribution is -2.42. The molecule has 9 heteroatoms. The number of fused-ring (bicyclic) bond motifs is 2. The third-order valence-electron chi connectivity index (χ3n) is 5.34. The van der Waals surface area contributed by atoms with Crippen molar-refractivity contribution in [1.82, 2.24) is 5.32 Å². The van der Waals surface area contributed by atoms with Gasteiger partial charge >= 0.3 is 6.09 Å². The number of nitrogens with one attached hydrogen (secondary N) is 1. The number of alkyl carbamates (subject to hydrolysis) is 1. The summed E-state index contributed by atoms with van der Waals surface area (Å²) in [6.45, 7) is 0.565. The van der Waals surface area contributed by atoms with Crippen LogP contribution >= 0.6 is 15.9 Å². The summed E-state index contributed by atoms with van der Waals surface area (Å²) in [6.07, 6.45) is -2.80. The van der Waals surface area contributed by atoms with Crippen molar-refractivity contribution in [1.29, 1.82) is 0 Å². The Labute approximate surface area is 203 Å². The van der Waals surface area contributed by atoms with E-state index in [0.717, 1.165) is 0 Å². The largest absolute Gasteiger partial charge is 0.492 e. The Hall–Kier alpha value is -3.72. The molecule has 0 fully saturated rings. The molecular formula is C25H20BrNO7. The highest BCUT2D eigenvalue weighted by Crippen LogP contribution is 2.41. The summed E-state index contributed by atoms with van der Waals surface area (Å²) < 4.78 is 28.8. The molecule has 0 aromatic heterocycles. The minimum Gasteiger partial charge on any atom is -0.492 e. The van der Waals surface area contributed by atoms with Crippen LogP contribution in [0.25, 0.3) is 0 Å². The van der Waals surface area contributed by atoms with E-state index in [9.17, 15) is 9.59 Å². The molecule has 0 aliphatic carbocycles. The Balaban J connectivity index is 1.32. The fourth-order valence-corrected chi connectivity index (χ4v) is 4.09. The number of carbonyl (C=O) groups is 2. The van der Waals surface area contributed by atoms with Crippen LogP contribution in [0.5, 0.6) is 23.0 Å². The first-order valence-corrected chi connectivity index (χ1v) is 11.4. The first-order valence-electron chi connectivity index (χ1n) is 10.6. The van der Waals surface area contributed by atoms with Crippen LogP contribution in [-0.4, -0.2) is 37.9 Å². The highest BCUT2D eigenvalue weighted by molar-refractivity contribution is 9.10. The topological polar surface area (TPSA) is 92.3 Å². The predicted octanol–water partition coefficient (Wildman–Crippen LogP) is 4.67. The van der Waals surface area contributed by atoms with Gasteiger partial charge in [0.2, 0.25) is 18.7 Å². The van der Waals surface area contributed by atoms with Gasteiger partial charge in [0.05, 0.1) is 12.1 Å². The van der Waals surface area contributed by atoms with Gasteiger partial charge in [-0.3, -0.25) is 4.79 Å². The average Bonchev–Trinajstić information content (AvgIpc) is 3.32. The van der Waals surface area contributed by atoms with Gasteiger partial charge in [-0.1, -0.05) is 40.2 Å². The van der Waals surface area contributed by atoms with Crippen molar-refractivity contribution in [2.45, 2.75) is 12.2 Å². The van der Waals surface area contributed by atoms with Crippen molar-refractivity contribution in [2.24, 2.45) is 0 Å². The summed E-state index contributed by atoms with van der Waals surface area (Å²) in [4.78, 5) is 25.9. The molecule has 174 valence electrons. The Morgan fingerprint density at radius 2 is 1.79 bits per heavy atom. The van der Waals surface area contributed by atoms with E-state index < -0.39 is 18.3 Å². The Morgan fingerprint density at radius 3 is 2.65 bits per heavy atom. The number of benzene rings is 3. The average molecular weight is 526 g/mol. The van der Waals surface area contributed by atoms with Gasteiger partial charge in [0.15, 0.2) is 17.6 Å². The van der Waals surface area contributed by atoms with Crippen molar-refractivity contribution in [3.05, 3.63) is 82.3 Å². The number of ketones is 1. The Bertz CT molecular complexity index is 1220. The van der Waals surface area contributed by atoms with Crippen molar-refractivity contribution < 1.29 is 33.3 Å². The Morgan fingerprint density at radius 1 is 1.00 bits per heavy atom. The second-order valence-corrected chi connectivity index (χ2v) is 8.49. The van der Waals surface area contributed by atoms with E-state index in [1.807, 2.05) is 30.3 Å². The number of Topliss-reactive ketones (excluding diaryl/α,β-unsaturated/α-hetero) is 1. The summed E-state index contributed by atoms with van der Waals surface area (Å²) in [5.74, 6) is 1.88. The molecule has 8 nitrogen and oxygen atoms in total. The van der Waals surface area contributed by atoms with E-state index in [1.54, 1.807) is 36.4 Å². The lowest BCUT2D eigenvalue weighted by molar-refractivity contribution is 0.00886. The number of amides is 1. The maximum Gasteiger partial charge on any atom is 0.408 e. The van der Waals surface area contributed by atoms with Crippen molar-refractivity contribution >= 4 is 27.8 Å². The fourth-order valence-electron chi connectivity index (χ4n) is 3.73. The van der Waals surface area contributed by atoms with Crippen LogP contribution in [0.3, 0.4) is 0 Å². The summed E-state index contributed by atoms with van der Waals surface area (Å²) in [7, 11) is 0. The quantitative estimate of drug-likeness (QED) is 0.467. The van der Waals surface area contributed by atoms with E-state index in [-0.39, 0.29) is 25.7 Å². The van der Waals surface area contributed by atoms with E-state index in [2.05, 4.69) is 21.2 Å². The van der Waals surface area contributed by atoms with Crippen LogP contribution in [0.1, 0.15) is 22.0 Å². The molecule has 2 atom stereocenters. The molecule has 0 radical (unpaired) electrons. The van der Waals surface area contributed by atoms with Crippen LogP contribution in [0.2, 0.25) is 0 Å². The fraction of sp³-hybridized carbons (Fsp3) is 0.200. The Kier molecular flexibility index (Phi) is 6.27. The first kappa shape index (κ1) is 22.1. The number of hydrogen-bond donors (Lipinski definition) is 1. The van der Waals surface area contributed by atoms with Crippen LogP contribution in [0.15, 0.2) is 71.2 Å². The summed E-state index contributed by atoms with van der Waals surface area (Å²) >= 11 is 3.37. The van der Waals surface area contributed by atoms with Crippen molar-refractivity contribution in [2.75, 3.05) is 19.9 Å². The maximum absolute atomic E-state index is 13.4. The molecule has 0 bridgehead atoms. The highest BCUT2D eigenvalue weighted by atomic mass is 79.9. The number of ether oxygens (including phenoxy) is 5. The summed E-state index contributed by atoms with van der Waals surface area (Å²) in [5, 5.41) is 2.62. The molecule has 0 saturated carbocycles. The van der Waals surface area contributed by atoms with Gasteiger partial charge in [-0.25, -0.2) is 4.79 Å². The monoisotopic (exact) mass is 525 g/mol. The molecular weight excluding hydrogens is 506 g/mol. The molecule has 34 heavy (non-hydrogen) atoms.